The van der Waals surface area contributed by atoms with Gasteiger partial charge in [0.25, 0.3) is 0 Å². The Kier molecular flexibility index (Phi) is 8.10. The summed E-state index contributed by atoms with van der Waals surface area (Å²) in [5.41, 5.74) is 0.779. The molecule has 0 spiro atoms. The fourth-order valence-electron chi connectivity index (χ4n) is 2.46. The zero-order valence-corrected chi connectivity index (χ0v) is 16.3. The van der Waals surface area contributed by atoms with Crippen molar-refractivity contribution < 1.29 is 13.9 Å². The number of nitrogens with zero attached hydrogens (tertiary/aromatic N) is 2. The number of hydrogen-bond acceptors (Lipinski definition) is 4. The van der Waals surface area contributed by atoms with Gasteiger partial charge in [0.05, 0.1) is 31.8 Å². The van der Waals surface area contributed by atoms with Crippen LogP contribution in [0, 0.1) is 17.1 Å². The maximum atomic E-state index is 13.9. The number of hydrogen-bond donors (Lipinski definition) is 2. The Morgan fingerprint density at radius 1 is 1.21 bits per heavy atom. The highest BCUT2D eigenvalue weighted by atomic mass is 19.1. The van der Waals surface area contributed by atoms with Crippen LogP contribution in [-0.4, -0.2) is 32.3 Å². The Bertz CT molecular complexity index is 849. The molecular weight excluding hydrogens is 359 g/mol. The summed E-state index contributed by atoms with van der Waals surface area (Å²) in [6.07, 6.45) is -0.130. The molecule has 28 heavy (non-hydrogen) atoms. The molecular formula is C21H25FN4O2. The molecule has 0 aliphatic rings. The standard InChI is InChI=1S/C21H25FN4O2/c1-4-24-21(26-14-17-10-16(12-23)8-9-20(17)22)25-13-15(2)28-19-7-5-6-18(11-19)27-3/h5-11,15H,4,13-14H2,1-3H3,(H2,24,25,26). The second kappa shape index (κ2) is 10.8. The maximum absolute atomic E-state index is 13.9. The molecule has 0 fully saturated rings. The molecule has 2 rings (SSSR count). The van der Waals surface area contributed by atoms with E-state index in [2.05, 4.69) is 15.6 Å². The third-order valence-electron chi connectivity index (χ3n) is 3.86. The van der Waals surface area contributed by atoms with Crippen LogP contribution in [0.3, 0.4) is 0 Å². The summed E-state index contributed by atoms with van der Waals surface area (Å²) in [4.78, 5) is 4.40. The molecule has 0 amide bonds. The number of nitriles is 1. The zero-order valence-electron chi connectivity index (χ0n) is 16.3. The van der Waals surface area contributed by atoms with Gasteiger partial charge in [0.15, 0.2) is 5.96 Å². The Hall–Kier alpha value is -3.27. The molecule has 0 aliphatic heterocycles. The normalized spacial score (nSPS) is 12.0. The molecule has 1 unspecified atom stereocenters. The number of rotatable bonds is 8. The highest BCUT2D eigenvalue weighted by molar-refractivity contribution is 5.79. The fraction of sp³-hybridized carbons (Fsp3) is 0.333. The Morgan fingerprint density at radius 2 is 2.00 bits per heavy atom. The van der Waals surface area contributed by atoms with E-state index in [0.717, 1.165) is 5.75 Å². The summed E-state index contributed by atoms with van der Waals surface area (Å²) < 4.78 is 25.0. The van der Waals surface area contributed by atoms with Gasteiger partial charge in [0.1, 0.15) is 23.4 Å². The molecule has 2 aromatic rings. The minimum atomic E-state index is -0.381. The van der Waals surface area contributed by atoms with Gasteiger partial charge < -0.3 is 20.1 Å². The fourth-order valence-corrected chi connectivity index (χ4v) is 2.46. The zero-order chi connectivity index (χ0) is 20.4. The van der Waals surface area contributed by atoms with Gasteiger partial charge in [-0.3, -0.25) is 0 Å². The van der Waals surface area contributed by atoms with Gasteiger partial charge in [-0.25, -0.2) is 9.38 Å². The number of ether oxygens (including phenoxy) is 2. The van der Waals surface area contributed by atoms with Crippen LogP contribution in [-0.2, 0) is 6.54 Å². The van der Waals surface area contributed by atoms with Crippen LogP contribution in [0.25, 0.3) is 0 Å². The van der Waals surface area contributed by atoms with Crippen molar-refractivity contribution in [1.82, 2.24) is 10.6 Å². The van der Waals surface area contributed by atoms with Crippen LogP contribution in [0.5, 0.6) is 11.5 Å². The van der Waals surface area contributed by atoms with Crippen molar-refractivity contribution in [2.24, 2.45) is 4.99 Å². The molecule has 7 heteroatoms. The first-order valence-electron chi connectivity index (χ1n) is 9.07. The Balaban J connectivity index is 1.96. The van der Waals surface area contributed by atoms with E-state index in [9.17, 15) is 4.39 Å². The second-order valence-electron chi connectivity index (χ2n) is 6.10. The summed E-state index contributed by atoms with van der Waals surface area (Å²) in [6, 6.07) is 13.7. The number of halogens is 1. The van der Waals surface area contributed by atoms with Gasteiger partial charge in [-0.05, 0) is 44.2 Å². The van der Waals surface area contributed by atoms with Gasteiger partial charge in [-0.1, -0.05) is 6.07 Å². The van der Waals surface area contributed by atoms with Gasteiger partial charge in [-0.2, -0.15) is 5.26 Å². The first kappa shape index (κ1) is 21.0. The molecule has 0 saturated heterocycles. The van der Waals surface area contributed by atoms with E-state index in [-0.39, 0.29) is 18.5 Å². The van der Waals surface area contributed by atoms with Crippen LogP contribution >= 0.6 is 0 Å². The van der Waals surface area contributed by atoms with Crippen LogP contribution < -0.4 is 20.1 Å². The van der Waals surface area contributed by atoms with E-state index in [1.165, 1.54) is 18.2 Å². The molecule has 0 aliphatic carbocycles. The average molecular weight is 384 g/mol. The molecule has 0 heterocycles. The number of benzene rings is 2. The number of aliphatic imine (C=N–C) groups is 1. The lowest BCUT2D eigenvalue weighted by atomic mass is 10.1. The third kappa shape index (κ3) is 6.47. The lowest BCUT2D eigenvalue weighted by Gasteiger charge is -2.18. The smallest absolute Gasteiger partial charge is 0.191 e. The van der Waals surface area contributed by atoms with E-state index in [1.807, 2.05) is 44.2 Å². The average Bonchev–Trinajstić information content (AvgIpc) is 2.71. The molecule has 6 nitrogen and oxygen atoms in total. The Labute approximate surface area is 165 Å². The topological polar surface area (TPSA) is 78.7 Å². The van der Waals surface area contributed by atoms with E-state index >= 15 is 0 Å². The van der Waals surface area contributed by atoms with Crippen molar-refractivity contribution in [3.8, 4) is 17.6 Å². The van der Waals surface area contributed by atoms with Crippen molar-refractivity contribution in [2.75, 3.05) is 20.2 Å². The molecule has 0 saturated carbocycles. The minimum Gasteiger partial charge on any atom is -0.497 e. The minimum absolute atomic E-state index is 0.127. The number of nitrogens with one attached hydrogen (secondary N) is 2. The SMILES string of the molecule is CCNC(=NCc1cc(C#N)ccc1F)NCC(C)Oc1cccc(OC)c1. The predicted octanol–water partition coefficient (Wildman–Crippen LogP) is 3.23. The van der Waals surface area contributed by atoms with Crippen LogP contribution in [0.4, 0.5) is 4.39 Å². The molecule has 0 aromatic heterocycles. The van der Waals surface area contributed by atoms with Crippen molar-refractivity contribution in [2.45, 2.75) is 26.5 Å². The molecule has 148 valence electrons. The van der Waals surface area contributed by atoms with E-state index in [4.69, 9.17) is 14.7 Å². The van der Waals surface area contributed by atoms with Crippen molar-refractivity contribution in [3.05, 3.63) is 59.4 Å². The lowest BCUT2D eigenvalue weighted by Crippen LogP contribution is -2.41. The molecule has 0 bridgehead atoms. The first-order valence-corrected chi connectivity index (χ1v) is 9.07. The highest BCUT2D eigenvalue weighted by Gasteiger charge is 2.08. The van der Waals surface area contributed by atoms with Crippen molar-refractivity contribution in [3.63, 3.8) is 0 Å². The highest BCUT2D eigenvalue weighted by Crippen LogP contribution is 2.19. The third-order valence-corrected chi connectivity index (χ3v) is 3.86. The molecule has 0 radical (unpaired) electrons. The van der Waals surface area contributed by atoms with E-state index in [0.29, 0.717) is 35.9 Å². The Morgan fingerprint density at radius 3 is 2.71 bits per heavy atom. The second-order valence-corrected chi connectivity index (χ2v) is 6.10. The lowest BCUT2D eigenvalue weighted by molar-refractivity contribution is 0.223. The molecule has 2 N–H and O–H groups in total. The summed E-state index contributed by atoms with van der Waals surface area (Å²) in [7, 11) is 1.61. The van der Waals surface area contributed by atoms with Crippen LogP contribution in [0.2, 0.25) is 0 Å². The summed E-state index contributed by atoms with van der Waals surface area (Å²) in [5.74, 6) is 1.61. The largest absolute Gasteiger partial charge is 0.497 e. The van der Waals surface area contributed by atoms with Gasteiger partial charge in [0, 0.05) is 18.2 Å². The summed E-state index contributed by atoms with van der Waals surface area (Å²) >= 11 is 0. The quantitative estimate of drug-likeness (QED) is 0.540. The predicted molar refractivity (Wildman–Crippen MR) is 107 cm³/mol. The summed E-state index contributed by atoms with van der Waals surface area (Å²) in [6.45, 7) is 5.18. The van der Waals surface area contributed by atoms with Crippen LogP contribution in [0.15, 0.2) is 47.5 Å². The summed E-state index contributed by atoms with van der Waals surface area (Å²) in [5, 5.41) is 15.3. The maximum Gasteiger partial charge on any atom is 0.191 e. The van der Waals surface area contributed by atoms with E-state index < -0.39 is 0 Å². The molecule has 2 aromatic carbocycles. The number of guanidine groups is 1. The van der Waals surface area contributed by atoms with Gasteiger partial charge >= 0.3 is 0 Å². The number of methoxy groups -OCH3 is 1. The van der Waals surface area contributed by atoms with Crippen molar-refractivity contribution in [1.29, 1.82) is 5.26 Å². The monoisotopic (exact) mass is 384 g/mol. The van der Waals surface area contributed by atoms with E-state index in [1.54, 1.807) is 7.11 Å². The van der Waals surface area contributed by atoms with Gasteiger partial charge in [-0.15, -0.1) is 0 Å². The molecule has 1 atom stereocenters. The van der Waals surface area contributed by atoms with Crippen LogP contribution in [0.1, 0.15) is 25.0 Å². The van der Waals surface area contributed by atoms with Gasteiger partial charge in [0.2, 0.25) is 0 Å². The first-order chi connectivity index (χ1) is 13.5. The van der Waals surface area contributed by atoms with Crippen molar-refractivity contribution >= 4 is 5.96 Å².